The molecule has 126 valence electrons. The zero-order valence-electron chi connectivity index (χ0n) is 13.9. The standard InChI is InChI=1S/C17H24ClN3O2/c1-4-23-17(22)16(21-10-12(2)9-13(3)11-21)20-19-15-8-6-5-7-14(15)18/h5-8,12-13,19H,4,9-11H2,1-3H3/b20-16+/t12-,13-/m1/s1. The third kappa shape index (κ3) is 4.86. The number of esters is 1. The highest BCUT2D eigenvalue weighted by molar-refractivity contribution is 6.35. The predicted octanol–water partition coefficient (Wildman–Crippen LogP) is 3.61. The van der Waals surface area contributed by atoms with E-state index in [1.165, 1.54) is 0 Å². The van der Waals surface area contributed by atoms with Crippen LogP contribution >= 0.6 is 11.6 Å². The van der Waals surface area contributed by atoms with Crippen molar-refractivity contribution in [1.29, 1.82) is 0 Å². The van der Waals surface area contributed by atoms with Crippen molar-refractivity contribution >= 4 is 29.1 Å². The van der Waals surface area contributed by atoms with Crippen molar-refractivity contribution < 1.29 is 9.53 Å². The lowest BCUT2D eigenvalue weighted by molar-refractivity contribution is -0.136. The van der Waals surface area contributed by atoms with Crippen LogP contribution in [0.3, 0.4) is 0 Å². The van der Waals surface area contributed by atoms with Gasteiger partial charge in [0, 0.05) is 13.1 Å². The van der Waals surface area contributed by atoms with Crippen LogP contribution in [-0.2, 0) is 9.53 Å². The minimum Gasteiger partial charge on any atom is -0.460 e. The van der Waals surface area contributed by atoms with Gasteiger partial charge in [0.2, 0.25) is 5.84 Å². The first kappa shape index (κ1) is 17.6. The summed E-state index contributed by atoms with van der Waals surface area (Å²) in [6.07, 6.45) is 1.16. The van der Waals surface area contributed by atoms with E-state index in [2.05, 4.69) is 24.4 Å². The number of carbonyl (C=O) groups excluding carboxylic acids is 1. The number of hydrazone groups is 1. The first-order chi connectivity index (χ1) is 11.0. The maximum atomic E-state index is 12.3. The van der Waals surface area contributed by atoms with E-state index in [9.17, 15) is 4.79 Å². The molecule has 0 aromatic heterocycles. The molecule has 6 heteroatoms. The normalized spacial score (nSPS) is 21.9. The Balaban J connectivity index is 2.21. The molecule has 0 amide bonds. The predicted molar refractivity (Wildman–Crippen MR) is 93.7 cm³/mol. The maximum Gasteiger partial charge on any atom is 0.375 e. The van der Waals surface area contributed by atoms with E-state index in [1.54, 1.807) is 13.0 Å². The summed E-state index contributed by atoms with van der Waals surface area (Å²) < 4.78 is 5.16. The molecule has 2 atom stereocenters. The van der Waals surface area contributed by atoms with Crippen LogP contribution in [-0.4, -0.2) is 36.4 Å². The van der Waals surface area contributed by atoms with E-state index in [0.29, 0.717) is 35.0 Å². The first-order valence-corrected chi connectivity index (χ1v) is 8.39. The second-order valence-corrected chi connectivity index (χ2v) is 6.51. The molecular weight excluding hydrogens is 314 g/mol. The molecule has 1 aliphatic rings. The number of nitrogens with zero attached hydrogens (tertiary/aromatic N) is 2. The van der Waals surface area contributed by atoms with Gasteiger partial charge in [-0.2, -0.15) is 0 Å². The van der Waals surface area contributed by atoms with Crippen LogP contribution in [0, 0.1) is 11.8 Å². The number of likely N-dealkylation sites (tertiary alicyclic amines) is 1. The Kier molecular flexibility index (Phi) is 6.28. The molecule has 2 rings (SSSR count). The van der Waals surface area contributed by atoms with Crippen LogP contribution < -0.4 is 5.43 Å². The van der Waals surface area contributed by atoms with Gasteiger partial charge in [0.15, 0.2) is 0 Å². The van der Waals surface area contributed by atoms with Gasteiger partial charge < -0.3 is 9.64 Å². The van der Waals surface area contributed by atoms with E-state index in [1.807, 2.05) is 23.1 Å². The molecule has 1 fully saturated rings. The van der Waals surface area contributed by atoms with E-state index in [0.717, 1.165) is 19.5 Å². The lowest BCUT2D eigenvalue weighted by Gasteiger charge is -2.36. The Morgan fingerprint density at radius 2 is 2.00 bits per heavy atom. The fraction of sp³-hybridized carbons (Fsp3) is 0.529. The highest BCUT2D eigenvalue weighted by atomic mass is 35.5. The number of rotatable bonds is 3. The summed E-state index contributed by atoms with van der Waals surface area (Å²) in [6.45, 7) is 8.08. The van der Waals surface area contributed by atoms with Gasteiger partial charge in [-0.05, 0) is 37.3 Å². The molecule has 0 aliphatic carbocycles. The van der Waals surface area contributed by atoms with Gasteiger partial charge in [-0.15, -0.1) is 5.10 Å². The van der Waals surface area contributed by atoms with E-state index < -0.39 is 5.97 Å². The van der Waals surface area contributed by atoms with Crippen LogP contribution in [0.25, 0.3) is 0 Å². The van der Waals surface area contributed by atoms with Crippen molar-refractivity contribution in [3.8, 4) is 0 Å². The molecule has 1 heterocycles. The van der Waals surface area contributed by atoms with Gasteiger partial charge in [0.25, 0.3) is 0 Å². The van der Waals surface area contributed by atoms with E-state index in [-0.39, 0.29) is 0 Å². The Bertz CT molecular complexity index is 567. The topological polar surface area (TPSA) is 53.9 Å². The summed E-state index contributed by atoms with van der Waals surface area (Å²) in [5.41, 5.74) is 3.55. The van der Waals surface area contributed by atoms with Crippen molar-refractivity contribution in [2.24, 2.45) is 16.9 Å². The van der Waals surface area contributed by atoms with Crippen molar-refractivity contribution in [3.63, 3.8) is 0 Å². The zero-order valence-corrected chi connectivity index (χ0v) is 14.6. The number of hydrogen-bond donors (Lipinski definition) is 1. The smallest absolute Gasteiger partial charge is 0.375 e. The summed E-state index contributed by atoms with van der Waals surface area (Å²) in [5.74, 6) is 0.927. The molecule has 0 saturated carbocycles. The SMILES string of the molecule is CCOC(=O)/C(=N\Nc1ccccc1Cl)N1C[C@H](C)C[C@@H](C)C1. The Labute approximate surface area is 142 Å². The Morgan fingerprint density at radius 1 is 1.35 bits per heavy atom. The third-order valence-corrected chi connectivity index (χ3v) is 4.11. The lowest BCUT2D eigenvalue weighted by Crippen LogP contribution is -2.46. The number of nitrogens with one attached hydrogen (secondary N) is 1. The van der Waals surface area contributed by atoms with Crippen molar-refractivity contribution in [2.45, 2.75) is 27.2 Å². The summed E-state index contributed by atoms with van der Waals surface area (Å²) in [6, 6.07) is 7.29. The second-order valence-electron chi connectivity index (χ2n) is 6.10. The zero-order chi connectivity index (χ0) is 16.8. The van der Waals surface area contributed by atoms with E-state index >= 15 is 0 Å². The lowest BCUT2D eigenvalue weighted by atomic mass is 9.92. The molecule has 1 aromatic carbocycles. The summed E-state index contributed by atoms with van der Waals surface area (Å²) in [4.78, 5) is 14.3. The molecule has 1 N–H and O–H groups in total. The molecule has 0 spiro atoms. The molecule has 0 unspecified atom stereocenters. The summed E-state index contributed by atoms with van der Waals surface area (Å²) >= 11 is 6.12. The maximum absolute atomic E-state index is 12.3. The average molecular weight is 338 g/mol. The summed E-state index contributed by atoms with van der Waals surface area (Å²) in [7, 11) is 0. The second kappa shape index (κ2) is 8.20. The third-order valence-electron chi connectivity index (χ3n) is 3.78. The van der Waals surface area contributed by atoms with Gasteiger partial charge in [0.1, 0.15) is 0 Å². The summed E-state index contributed by atoms with van der Waals surface area (Å²) in [5, 5.41) is 4.85. The molecule has 1 saturated heterocycles. The molecule has 23 heavy (non-hydrogen) atoms. The fourth-order valence-electron chi connectivity index (χ4n) is 2.94. The van der Waals surface area contributed by atoms with Gasteiger partial charge in [-0.25, -0.2) is 4.79 Å². The number of halogens is 1. The largest absolute Gasteiger partial charge is 0.460 e. The minimum absolute atomic E-state index is 0.310. The van der Waals surface area contributed by atoms with Crippen LogP contribution in [0.15, 0.2) is 29.4 Å². The number of carbonyl (C=O) groups is 1. The highest BCUT2D eigenvalue weighted by Gasteiger charge is 2.28. The fourth-order valence-corrected chi connectivity index (χ4v) is 3.12. The highest BCUT2D eigenvalue weighted by Crippen LogP contribution is 2.23. The molecule has 1 aromatic rings. The molecule has 0 radical (unpaired) electrons. The van der Waals surface area contributed by atoms with E-state index in [4.69, 9.17) is 16.3 Å². The minimum atomic E-state index is -0.409. The monoisotopic (exact) mass is 337 g/mol. The van der Waals surface area contributed by atoms with Crippen LogP contribution in [0.1, 0.15) is 27.2 Å². The number of amidine groups is 1. The van der Waals surface area contributed by atoms with Gasteiger partial charge in [-0.1, -0.05) is 37.6 Å². The number of benzene rings is 1. The number of ether oxygens (including phenoxy) is 1. The number of hydrogen-bond acceptors (Lipinski definition) is 4. The molecule has 1 aliphatic heterocycles. The number of piperidine rings is 1. The molecule has 0 bridgehead atoms. The molecular formula is C17H24ClN3O2. The van der Waals surface area contributed by atoms with Crippen LogP contribution in [0.2, 0.25) is 5.02 Å². The van der Waals surface area contributed by atoms with Crippen molar-refractivity contribution in [1.82, 2.24) is 4.90 Å². The van der Waals surface area contributed by atoms with Crippen LogP contribution in [0.4, 0.5) is 5.69 Å². The average Bonchev–Trinajstić information content (AvgIpc) is 2.48. The van der Waals surface area contributed by atoms with Crippen molar-refractivity contribution in [3.05, 3.63) is 29.3 Å². The van der Waals surface area contributed by atoms with Crippen molar-refractivity contribution in [2.75, 3.05) is 25.1 Å². The van der Waals surface area contributed by atoms with Crippen LogP contribution in [0.5, 0.6) is 0 Å². The van der Waals surface area contributed by atoms with Gasteiger partial charge in [-0.3, -0.25) is 5.43 Å². The number of anilines is 1. The van der Waals surface area contributed by atoms with Gasteiger partial charge in [0.05, 0.1) is 17.3 Å². The molecule has 5 nitrogen and oxygen atoms in total. The quantitative estimate of drug-likeness (QED) is 0.396. The number of para-hydroxylation sites is 1. The Morgan fingerprint density at radius 3 is 2.61 bits per heavy atom. The Hall–Kier alpha value is -1.75. The first-order valence-electron chi connectivity index (χ1n) is 8.01. The van der Waals surface area contributed by atoms with Gasteiger partial charge >= 0.3 is 5.97 Å².